The highest BCUT2D eigenvalue weighted by atomic mass is 16.6. The number of carboxylic acid groups (broad SMARTS) is 1. The van der Waals surface area contributed by atoms with Crippen LogP contribution in [0.25, 0.3) is 0 Å². The predicted molar refractivity (Wildman–Crippen MR) is 211 cm³/mol. The summed E-state index contributed by atoms with van der Waals surface area (Å²) in [5.41, 5.74) is 0.695. The number of aliphatic hydroxyl groups excluding tert-OH is 3. The molecule has 0 radical (unpaired) electrons. The van der Waals surface area contributed by atoms with E-state index < -0.39 is 36.0 Å². The molecule has 0 aromatic heterocycles. The zero-order valence-corrected chi connectivity index (χ0v) is 35.0. The molecule has 1 aromatic carbocycles. The van der Waals surface area contributed by atoms with Crippen LogP contribution in [0.4, 0.5) is 0 Å². The van der Waals surface area contributed by atoms with Crippen LogP contribution >= 0.6 is 0 Å². The highest BCUT2D eigenvalue weighted by Gasteiger charge is 2.39. The Hall–Kier alpha value is -2.98. The molecule has 2 aliphatic rings. The van der Waals surface area contributed by atoms with Crippen LogP contribution in [0.3, 0.4) is 0 Å². The second-order valence-electron chi connectivity index (χ2n) is 14.7. The van der Waals surface area contributed by atoms with E-state index in [0.717, 1.165) is 36.3 Å². The molecule has 54 heavy (non-hydrogen) atoms. The van der Waals surface area contributed by atoms with E-state index in [4.69, 9.17) is 24.1 Å². The maximum atomic E-state index is 12.3. The summed E-state index contributed by atoms with van der Waals surface area (Å²) in [5, 5.41) is 57.2. The summed E-state index contributed by atoms with van der Waals surface area (Å²) < 4.78 is 20.9. The summed E-state index contributed by atoms with van der Waals surface area (Å²) in [6.45, 7) is 16.5. The topological polar surface area (TPSA) is 200 Å². The van der Waals surface area contributed by atoms with Gasteiger partial charge in [-0.3, -0.25) is 9.59 Å². The number of carboxylic acids is 1. The average molecular weight is 770 g/mol. The van der Waals surface area contributed by atoms with Gasteiger partial charge in [-0.05, 0) is 97.5 Å². The standard InChI is InChI=1S/C21H38N2O5.C9H10O3.C8H17NO3.C2H6/c1-13(2)22-23-18-9-8-17(27-7)11-14(3)10-15(4)20(25)28-12-21(6,26)19(24)16(18)5;1-12-8-4-2-7(3-5-8)6-9(10)11;1-5-4-6(9(2)3)7(10)8(11)12-5;1-2/h14-17,19,24,26H,8-12H2,1-7H3;2-5H,6H2,1H3,(H,10,11);5-8,10-11H,4H2,1-3H3;1-2H3/b23-18+;;;/t14-,15?,16?,17?,19?,21?;;;/m0.../s1. The summed E-state index contributed by atoms with van der Waals surface area (Å²) in [6, 6.07) is 6.97. The van der Waals surface area contributed by atoms with Crippen molar-refractivity contribution in [3.05, 3.63) is 29.8 Å². The SMILES string of the molecule is CC.CC1CC(N(C)C)C(O)C(O)O1.COC1CC/C(=N\N=C(C)C)C(C)C(O)C(C)(O)COC(=O)C(C)C[C@H](C)C1.COc1ccc(CC(=O)O)cc1. The van der Waals surface area contributed by atoms with Crippen molar-refractivity contribution in [2.45, 2.75) is 143 Å². The maximum absolute atomic E-state index is 12.3. The zero-order chi connectivity index (χ0) is 41.8. The minimum absolute atomic E-state index is 0.01000. The molecule has 312 valence electrons. The first-order chi connectivity index (χ1) is 25.2. The van der Waals surface area contributed by atoms with Gasteiger partial charge in [-0.1, -0.05) is 46.8 Å². The smallest absolute Gasteiger partial charge is 0.308 e. The van der Waals surface area contributed by atoms with Gasteiger partial charge in [-0.15, -0.1) is 0 Å². The van der Waals surface area contributed by atoms with Crippen LogP contribution in [-0.4, -0.2) is 131 Å². The van der Waals surface area contributed by atoms with Crippen molar-refractivity contribution in [1.29, 1.82) is 0 Å². The molecule has 14 heteroatoms. The average Bonchev–Trinajstić information content (AvgIpc) is 3.11. The lowest BCUT2D eigenvalue weighted by Crippen LogP contribution is -2.53. The maximum Gasteiger partial charge on any atom is 0.308 e. The van der Waals surface area contributed by atoms with Gasteiger partial charge in [0.25, 0.3) is 0 Å². The van der Waals surface area contributed by atoms with E-state index in [-0.39, 0.29) is 49.1 Å². The molecule has 0 aliphatic carbocycles. The molecule has 0 spiro atoms. The van der Waals surface area contributed by atoms with Crippen molar-refractivity contribution < 1.29 is 54.1 Å². The summed E-state index contributed by atoms with van der Waals surface area (Å²) in [4.78, 5) is 24.5. The number of nitrogens with zero attached hydrogens (tertiary/aromatic N) is 3. The van der Waals surface area contributed by atoms with Crippen LogP contribution in [0.2, 0.25) is 0 Å². The van der Waals surface area contributed by atoms with Crippen LogP contribution in [0.15, 0.2) is 34.5 Å². The van der Waals surface area contributed by atoms with Crippen LogP contribution in [0.5, 0.6) is 5.75 Å². The van der Waals surface area contributed by atoms with Gasteiger partial charge in [0.2, 0.25) is 0 Å². The highest BCUT2D eigenvalue weighted by Crippen LogP contribution is 2.27. The molecule has 2 fully saturated rings. The molecule has 0 bridgehead atoms. The number of carbonyl (C=O) groups is 2. The lowest BCUT2D eigenvalue weighted by atomic mass is 9.84. The largest absolute Gasteiger partial charge is 0.497 e. The molecule has 3 rings (SSSR count). The van der Waals surface area contributed by atoms with E-state index in [0.29, 0.717) is 18.6 Å². The fourth-order valence-corrected chi connectivity index (χ4v) is 6.06. The molecule has 1 aromatic rings. The van der Waals surface area contributed by atoms with Crippen LogP contribution < -0.4 is 4.74 Å². The number of hydrogen-bond donors (Lipinski definition) is 5. The Morgan fingerprint density at radius 3 is 2.09 bits per heavy atom. The third-order valence-corrected chi connectivity index (χ3v) is 9.21. The van der Waals surface area contributed by atoms with Gasteiger partial charge in [0.15, 0.2) is 6.29 Å². The second-order valence-corrected chi connectivity index (χ2v) is 14.7. The molecule has 2 heterocycles. The van der Waals surface area contributed by atoms with Gasteiger partial charge in [-0.2, -0.15) is 10.2 Å². The molecule has 0 saturated carbocycles. The minimum Gasteiger partial charge on any atom is -0.497 e. The zero-order valence-electron chi connectivity index (χ0n) is 35.0. The lowest BCUT2D eigenvalue weighted by Gasteiger charge is -2.38. The van der Waals surface area contributed by atoms with Crippen LogP contribution in [0.1, 0.15) is 100.0 Å². The van der Waals surface area contributed by atoms with Crippen LogP contribution in [0, 0.1) is 17.8 Å². The van der Waals surface area contributed by atoms with Crippen molar-refractivity contribution >= 4 is 23.4 Å². The number of benzene rings is 1. The Labute approximate surface area is 323 Å². The molecule has 0 amide bonds. The van der Waals surface area contributed by atoms with Crippen molar-refractivity contribution in [2.75, 3.05) is 34.9 Å². The quantitative estimate of drug-likeness (QED) is 0.152. The van der Waals surface area contributed by atoms with Crippen molar-refractivity contribution in [3.8, 4) is 5.75 Å². The number of rotatable bonds is 6. The molecule has 5 N–H and O–H groups in total. The van der Waals surface area contributed by atoms with E-state index in [1.165, 1.54) is 6.92 Å². The summed E-state index contributed by atoms with van der Waals surface area (Å²) in [5.74, 6) is -0.885. The summed E-state index contributed by atoms with van der Waals surface area (Å²) in [6.07, 6.45) is 0.698. The number of aliphatic carboxylic acids is 1. The Morgan fingerprint density at radius 2 is 1.59 bits per heavy atom. The van der Waals surface area contributed by atoms with E-state index in [9.17, 15) is 30.0 Å². The lowest BCUT2D eigenvalue weighted by molar-refractivity contribution is -0.230. The number of methoxy groups -OCH3 is 2. The number of esters is 1. The first-order valence-corrected chi connectivity index (χ1v) is 18.9. The molecule has 2 aliphatic heterocycles. The van der Waals surface area contributed by atoms with E-state index in [2.05, 4.69) is 17.1 Å². The molecular weight excluding hydrogens is 698 g/mol. The Balaban J connectivity index is 0.000000884. The van der Waals surface area contributed by atoms with Gasteiger partial charge in [0.1, 0.15) is 24.1 Å². The molecule has 2 saturated heterocycles. The number of likely N-dealkylation sites (N-methyl/N-ethyl adjacent to an activating group) is 1. The normalized spacial score (nSPS) is 31.5. The fraction of sp³-hybridized carbons (Fsp3) is 0.750. The van der Waals surface area contributed by atoms with Crippen molar-refractivity contribution in [3.63, 3.8) is 0 Å². The monoisotopic (exact) mass is 770 g/mol. The fourth-order valence-electron chi connectivity index (χ4n) is 6.06. The van der Waals surface area contributed by atoms with E-state index >= 15 is 0 Å². The number of cyclic esters (lactones) is 1. The van der Waals surface area contributed by atoms with Gasteiger partial charge in [-0.25, -0.2) is 0 Å². The van der Waals surface area contributed by atoms with E-state index in [1.54, 1.807) is 45.4 Å². The van der Waals surface area contributed by atoms with Gasteiger partial charge < -0.3 is 49.4 Å². The molecule has 9 unspecified atom stereocenters. The van der Waals surface area contributed by atoms with Gasteiger partial charge >= 0.3 is 11.9 Å². The third kappa shape index (κ3) is 19.1. The van der Waals surface area contributed by atoms with Crippen molar-refractivity contribution in [1.82, 2.24) is 4.90 Å². The van der Waals surface area contributed by atoms with Crippen molar-refractivity contribution in [2.24, 2.45) is 28.0 Å². The Morgan fingerprint density at radius 1 is 1.00 bits per heavy atom. The molecule has 14 nitrogen and oxygen atoms in total. The predicted octanol–water partition coefficient (Wildman–Crippen LogP) is 4.73. The summed E-state index contributed by atoms with van der Waals surface area (Å²) >= 11 is 0. The number of carbonyl (C=O) groups excluding carboxylic acids is 1. The highest BCUT2D eigenvalue weighted by molar-refractivity contribution is 5.88. The first kappa shape index (κ1) is 51.0. The summed E-state index contributed by atoms with van der Waals surface area (Å²) in [7, 11) is 7.04. The number of ether oxygens (including phenoxy) is 4. The van der Waals surface area contributed by atoms with Gasteiger partial charge in [0, 0.05) is 30.5 Å². The first-order valence-electron chi connectivity index (χ1n) is 18.9. The third-order valence-electron chi connectivity index (χ3n) is 9.21. The Kier molecular flexibility index (Phi) is 24.5. The second kappa shape index (κ2) is 26.0. The molecular formula is C40H71N3O11. The van der Waals surface area contributed by atoms with E-state index in [1.807, 2.05) is 60.5 Å². The number of hydrogen-bond acceptors (Lipinski definition) is 13. The minimum atomic E-state index is -1.59. The van der Waals surface area contributed by atoms with Gasteiger partial charge in [0.05, 0.1) is 37.8 Å². The molecule has 10 atom stereocenters. The number of aliphatic hydroxyl groups is 4. The van der Waals surface area contributed by atoms with Crippen LogP contribution in [-0.2, 0) is 30.2 Å². The Bertz CT molecular complexity index is 1270.